The predicted molar refractivity (Wildman–Crippen MR) is 98.2 cm³/mol. The van der Waals surface area contributed by atoms with E-state index in [0.29, 0.717) is 28.4 Å². The van der Waals surface area contributed by atoms with Crippen LogP contribution in [-0.4, -0.2) is 22.4 Å². The predicted octanol–water partition coefficient (Wildman–Crippen LogP) is 2.41. The van der Waals surface area contributed by atoms with E-state index in [-0.39, 0.29) is 17.2 Å². The zero-order valence-electron chi connectivity index (χ0n) is 14.2. The van der Waals surface area contributed by atoms with Crippen molar-refractivity contribution in [2.24, 2.45) is 0 Å². The lowest BCUT2D eigenvalue weighted by atomic mass is 10.0. The standard InChI is InChI=1S/C18H14BClFN3O2/c1-10-7-23-17(19)6-16(10)24-11(2)3-13(5-18(24)25)26-9-15-14(20)4-12(21)8-22-15/h3-8H,9H2,1-2H3. The third-order valence-corrected chi connectivity index (χ3v) is 4.11. The molecule has 0 amide bonds. The zero-order chi connectivity index (χ0) is 18.8. The largest absolute Gasteiger partial charge is 0.487 e. The van der Waals surface area contributed by atoms with Gasteiger partial charge >= 0.3 is 0 Å². The molecule has 0 atom stereocenters. The van der Waals surface area contributed by atoms with Crippen molar-refractivity contribution in [3.63, 3.8) is 0 Å². The monoisotopic (exact) mass is 369 g/mol. The van der Waals surface area contributed by atoms with E-state index >= 15 is 0 Å². The van der Waals surface area contributed by atoms with Crippen LogP contribution < -0.4 is 15.9 Å². The summed E-state index contributed by atoms with van der Waals surface area (Å²) in [6.45, 7) is 3.65. The molecule has 3 heterocycles. The molecule has 3 rings (SSSR count). The molecule has 0 unspecified atom stereocenters. The molecule has 2 radical (unpaired) electrons. The van der Waals surface area contributed by atoms with Gasteiger partial charge < -0.3 is 4.74 Å². The minimum absolute atomic E-state index is 0.0171. The first-order valence-electron chi connectivity index (χ1n) is 7.74. The van der Waals surface area contributed by atoms with Gasteiger partial charge in [-0.1, -0.05) is 11.6 Å². The summed E-state index contributed by atoms with van der Waals surface area (Å²) in [6.07, 6.45) is 2.67. The van der Waals surface area contributed by atoms with E-state index in [1.807, 2.05) is 6.92 Å². The van der Waals surface area contributed by atoms with Crippen molar-refractivity contribution in [3.05, 3.63) is 74.8 Å². The number of aromatic nitrogens is 3. The van der Waals surface area contributed by atoms with Gasteiger partial charge in [0.05, 0.1) is 22.6 Å². The smallest absolute Gasteiger partial charge is 0.259 e. The number of rotatable bonds is 4. The molecule has 5 nitrogen and oxygen atoms in total. The summed E-state index contributed by atoms with van der Waals surface area (Å²) in [5, 5.41) is 0.165. The lowest BCUT2D eigenvalue weighted by molar-refractivity contribution is 0.300. The molecule has 0 fully saturated rings. The number of pyridine rings is 3. The highest BCUT2D eigenvalue weighted by Gasteiger charge is 2.11. The molecule has 0 aliphatic heterocycles. The highest BCUT2D eigenvalue weighted by Crippen LogP contribution is 2.19. The molecule has 0 aliphatic rings. The lowest BCUT2D eigenvalue weighted by Gasteiger charge is -2.15. The van der Waals surface area contributed by atoms with E-state index in [1.54, 1.807) is 25.3 Å². The van der Waals surface area contributed by atoms with Crippen molar-refractivity contribution in [1.82, 2.24) is 14.5 Å². The molecular formula is C18H14BClFN3O2. The average molecular weight is 370 g/mol. The molecule has 8 heteroatoms. The van der Waals surface area contributed by atoms with Crippen LogP contribution in [0.3, 0.4) is 0 Å². The highest BCUT2D eigenvalue weighted by molar-refractivity contribution is 6.31. The fourth-order valence-electron chi connectivity index (χ4n) is 2.53. The molecule has 0 aromatic carbocycles. The summed E-state index contributed by atoms with van der Waals surface area (Å²) in [4.78, 5) is 20.5. The van der Waals surface area contributed by atoms with Gasteiger partial charge in [0.25, 0.3) is 5.56 Å². The number of hydrogen-bond acceptors (Lipinski definition) is 4. The Bertz CT molecular complexity index is 1040. The van der Waals surface area contributed by atoms with Crippen molar-refractivity contribution >= 4 is 25.0 Å². The van der Waals surface area contributed by atoms with Gasteiger partial charge in [-0.15, -0.1) is 0 Å². The first-order chi connectivity index (χ1) is 12.3. The second kappa shape index (κ2) is 7.29. The molecule has 3 aromatic rings. The molecule has 130 valence electrons. The minimum Gasteiger partial charge on any atom is -0.487 e. The Labute approximate surface area is 155 Å². The summed E-state index contributed by atoms with van der Waals surface area (Å²) in [5.74, 6) is -0.158. The maximum absolute atomic E-state index is 13.0. The molecule has 0 spiro atoms. The van der Waals surface area contributed by atoms with Gasteiger partial charge in [-0.05, 0) is 37.1 Å². The fraction of sp³-hybridized carbons (Fsp3) is 0.167. The fourth-order valence-corrected chi connectivity index (χ4v) is 2.74. The highest BCUT2D eigenvalue weighted by atomic mass is 35.5. The van der Waals surface area contributed by atoms with Crippen LogP contribution in [0.4, 0.5) is 4.39 Å². The molecule has 0 bridgehead atoms. The Kier molecular flexibility index (Phi) is 5.09. The molecule has 0 saturated heterocycles. The third kappa shape index (κ3) is 3.78. The molecular weight excluding hydrogens is 355 g/mol. The summed E-state index contributed by atoms with van der Waals surface area (Å²) < 4.78 is 20.2. The second-order valence-electron chi connectivity index (χ2n) is 5.77. The Morgan fingerprint density at radius 2 is 1.96 bits per heavy atom. The van der Waals surface area contributed by atoms with Crippen molar-refractivity contribution in [2.75, 3.05) is 0 Å². The van der Waals surface area contributed by atoms with Gasteiger partial charge in [0, 0.05) is 24.0 Å². The van der Waals surface area contributed by atoms with Crippen LogP contribution >= 0.6 is 11.6 Å². The van der Waals surface area contributed by atoms with Crippen molar-refractivity contribution in [1.29, 1.82) is 0 Å². The first kappa shape index (κ1) is 18.1. The number of nitrogens with zero attached hydrogens (tertiary/aromatic N) is 3. The van der Waals surface area contributed by atoms with Gasteiger partial charge in [0.2, 0.25) is 0 Å². The third-order valence-electron chi connectivity index (χ3n) is 3.79. The van der Waals surface area contributed by atoms with E-state index in [4.69, 9.17) is 24.2 Å². The van der Waals surface area contributed by atoms with Crippen LogP contribution in [0.1, 0.15) is 17.0 Å². The Morgan fingerprint density at radius 3 is 2.65 bits per heavy atom. The van der Waals surface area contributed by atoms with Gasteiger partial charge in [-0.25, -0.2) is 4.39 Å². The van der Waals surface area contributed by atoms with Gasteiger partial charge in [-0.2, -0.15) is 0 Å². The number of ether oxygens (including phenoxy) is 1. The average Bonchev–Trinajstić information content (AvgIpc) is 2.56. The zero-order valence-corrected chi connectivity index (χ0v) is 14.9. The number of halogens is 2. The van der Waals surface area contributed by atoms with E-state index in [0.717, 1.165) is 17.8 Å². The van der Waals surface area contributed by atoms with Gasteiger partial charge in [-0.3, -0.25) is 19.3 Å². The molecule has 26 heavy (non-hydrogen) atoms. The van der Waals surface area contributed by atoms with Crippen molar-refractivity contribution in [2.45, 2.75) is 20.5 Å². The number of aryl methyl sites for hydroxylation is 2. The second-order valence-corrected chi connectivity index (χ2v) is 6.18. The van der Waals surface area contributed by atoms with Crippen LogP contribution in [0.15, 0.2) is 41.5 Å². The Morgan fingerprint density at radius 1 is 1.19 bits per heavy atom. The Balaban J connectivity index is 1.90. The molecule has 0 N–H and O–H groups in total. The summed E-state index contributed by atoms with van der Waals surface area (Å²) in [6, 6.07) is 5.88. The SMILES string of the molecule is [B]c1cc(-n2c(C)cc(OCc3ncc(F)cc3Cl)cc2=O)c(C)cn1. The maximum atomic E-state index is 13.0. The van der Waals surface area contributed by atoms with Crippen LogP contribution in [0, 0.1) is 19.7 Å². The van der Waals surface area contributed by atoms with Gasteiger partial charge in [0.1, 0.15) is 26.0 Å². The van der Waals surface area contributed by atoms with Crippen molar-refractivity contribution < 1.29 is 9.13 Å². The van der Waals surface area contributed by atoms with E-state index in [2.05, 4.69) is 9.97 Å². The summed E-state index contributed by atoms with van der Waals surface area (Å²) in [7, 11) is 5.73. The molecule has 0 aliphatic carbocycles. The number of hydrogen-bond donors (Lipinski definition) is 0. The topological polar surface area (TPSA) is 57.0 Å². The summed E-state index contributed by atoms with van der Waals surface area (Å²) in [5.41, 5.74) is 2.59. The first-order valence-corrected chi connectivity index (χ1v) is 8.12. The van der Waals surface area contributed by atoms with Crippen LogP contribution in [0.5, 0.6) is 5.75 Å². The Hall–Kier alpha value is -2.67. The normalized spacial score (nSPS) is 10.8. The van der Waals surface area contributed by atoms with Crippen LogP contribution in [-0.2, 0) is 6.61 Å². The van der Waals surface area contributed by atoms with Crippen LogP contribution in [0.2, 0.25) is 5.02 Å². The minimum atomic E-state index is -0.524. The van der Waals surface area contributed by atoms with Crippen molar-refractivity contribution in [3.8, 4) is 11.4 Å². The van der Waals surface area contributed by atoms with Crippen LogP contribution in [0.25, 0.3) is 5.69 Å². The van der Waals surface area contributed by atoms with E-state index in [9.17, 15) is 9.18 Å². The quantitative estimate of drug-likeness (QED) is 0.663. The van der Waals surface area contributed by atoms with E-state index in [1.165, 1.54) is 10.6 Å². The molecule has 0 saturated carbocycles. The lowest BCUT2D eigenvalue weighted by Crippen LogP contribution is -2.23. The molecule has 3 aromatic heterocycles. The summed E-state index contributed by atoms with van der Waals surface area (Å²) >= 11 is 5.93. The van der Waals surface area contributed by atoms with E-state index < -0.39 is 5.82 Å². The maximum Gasteiger partial charge on any atom is 0.259 e. The van der Waals surface area contributed by atoms with Gasteiger partial charge in [0.15, 0.2) is 0 Å².